The van der Waals surface area contributed by atoms with Gasteiger partial charge in [-0.3, -0.25) is 4.79 Å². The number of rotatable bonds is 5. The Morgan fingerprint density at radius 2 is 2.12 bits per heavy atom. The molecule has 0 heterocycles. The fourth-order valence-electron chi connectivity index (χ4n) is 1.24. The van der Waals surface area contributed by atoms with Crippen LogP contribution in [0.1, 0.15) is 23.2 Å². The maximum atomic E-state index is 13.3. The molecule has 0 saturated heterocycles. The minimum atomic E-state index is -0.514. The van der Waals surface area contributed by atoms with Gasteiger partial charge in [0.2, 0.25) is 0 Å². The summed E-state index contributed by atoms with van der Waals surface area (Å²) in [4.78, 5) is 11.6. The first-order valence-corrected chi connectivity index (χ1v) is 5.87. The van der Waals surface area contributed by atoms with E-state index >= 15 is 0 Å². The van der Waals surface area contributed by atoms with Gasteiger partial charge in [-0.2, -0.15) is 0 Å². The smallest absolute Gasteiger partial charge is 0.254 e. The van der Waals surface area contributed by atoms with Crippen molar-refractivity contribution in [3.8, 4) is 0 Å². The third-order valence-corrected chi connectivity index (χ3v) is 2.58. The molecule has 0 bridgehead atoms. The van der Waals surface area contributed by atoms with Gasteiger partial charge in [0.05, 0.1) is 5.56 Å². The van der Waals surface area contributed by atoms with Crippen LogP contribution in [0.2, 0.25) is 0 Å². The van der Waals surface area contributed by atoms with Gasteiger partial charge in [-0.15, -0.1) is 12.4 Å². The Labute approximate surface area is 114 Å². The lowest BCUT2D eigenvalue weighted by Crippen LogP contribution is -2.25. The second kappa shape index (κ2) is 8.44. The summed E-state index contributed by atoms with van der Waals surface area (Å²) in [6.07, 6.45) is 1.65. The van der Waals surface area contributed by atoms with E-state index in [1.807, 2.05) is 0 Å². The monoisotopic (exact) mass is 324 g/mol. The largest absolute Gasteiger partial charge is 0.352 e. The van der Waals surface area contributed by atoms with E-state index in [9.17, 15) is 9.18 Å². The van der Waals surface area contributed by atoms with E-state index < -0.39 is 11.7 Å². The van der Waals surface area contributed by atoms with Gasteiger partial charge in [0.25, 0.3) is 5.91 Å². The minimum Gasteiger partial charge on any atom is -0.352 e. The highest BCUT2D eigenvalue weighted by atomic mass is 79.9. The van der Waals surface area contributed by atoms with Gasteiger partial charge in [0, 0.05) is 11.0 Å². The Kier molecular flexibility index (Phi) is 8.12. The normalized spacial score (nSPS) is 9.59. The van der Waals surface area contributed by atoms with Crippen LogP contribution in [-0.4, -0.2) is 19.0 Å². The molecule has 3 N–H and O–H groups in total. The first kappa shape index (κ1) is 16.4. The van der Waals surface area contributed by atoms with E-state index in [0.29, 0.717) is 17.6 Å². The summed E-state index contributed by atoms with van der Waals surface area (Å²) >= 11 is 3.19. The van der Waals surface area contributed by atoms with Crippen molar-refractivity contribution in [1.82, 2.24) is 5.32 Å². The average molecular weight is 326 g/mol. The lowest BCUT2D eigenvalue weighted by molar-refractivity contribution is 0.0949. The zero-order valence-corrected chi connectivity index (χ0v) is 11.6. The number of carbonyl (C=O) groups is 1. The number of hydrogen-bond acceptors (Lipinski definition) is 2. The summed E-state index contributed by atoms with van der Waals surface area (Å²) in [7, 11) is 0. The van der Waals surface area contributed by atoms with Crippen molar-refractivity contribution in [2.24, 2.45) is 5.73 Å². The minimum absolute atomic E-state index is 0. The first-order chi connectivity index (χ1) is 7.65. The molecule has 96 valence electrons. The summed E-state index contributed by atoms with van der Waals surface area (Å²) in [5, 5.41) is 2.65. The molecule has 3 nitrogen and oxygen atoms in total. The number of benzene rings is 1. The summed E-state index contributed by atoms with van der Waals surface area (Å²) in [5.74, 6) is -0.907. The molecule has 0 aliphatic carbocycles. The highest BCUT2D eigenvalue weighted by Gasteiger charge is 2.10. The van der Waals surface area contributed by atoms with Crippen molar-refractivity contribution in [1.29, 1.82) is 0 Å². The van der Waals surface area contributed by atoms with Crippen LogP contribution in [0.5, 0.6) is 0 Å². The van der Waals surface area contributed by atoms with Gasteiger partial charge in [0.1, 0.15) is 5.82 Å². The van der Waals surface area contributed by atoms with Crippen LogP contribution in [0.15, 0.2) is 22.7 Å². The molecule has 6 heteroatoms. The maximum Gasteiger partial charge on any atom is 0.254 e. The fraction of sp³-hybridized carbons (Fsp3) is 0.364. The predicted molar refractivity (Wildman–Crippen MR) is 72.0 cm³/mol. The van der Waals surface area contributed by atoms with Crippen LogP contribution >= 0.6 is 28.3 Å². The number of hydrogen-bond donors (Lipinski definition) is 2. The number of carbonyl (C=O) groups excluding carboxylic acids is 1. The van der Waals surface area contributed by atoms with Gasteiger partial charge in [-0.25, -0.2) is 4.39 Å². The molecule has 1 aromatic carbocycles. The first-order valence-electron chi connectivity index (χ1n) is 5.08. The van der Waals surface area contributed by atoms with Crippen LogP contribution in [0.25, 0.3) is 0 Å². The number of amides is 1. The van der Waals surface area contributed by atoms with Crippen molar-refractivity contribution < 1.29 is 9.18 Å². The van der Waals surface area contributed by atoms with Crippen molar-refractivity contribution in [3.63, 3.8) is 0 Å². The summed E-state index contributed by atoms with van der Waals surface area (Å²) in [5.41, 5.74) is 5.38. The molecule has 0 aromatic heterocycles. The summed E-state index contributed by atoms with van der Waals surface area (Å²) in [6.45, 7) is 1.11. The second-order valence-corrected chi connectivity index (χ2v) is 4.29. The zero-order valence-electron chi connectivity index (χ0n) is 9.21. The molecule has 0 saturated carbocycles. The van der Waals surface area contributed by atoms with Gasteiger partial charge in [0.15, 0.2) is 0 Å². The van der Waals surface area contributed by atoms with Crippen molar-refractivity contribution in [3.05, 3.63) is 34.1 Å². The Morgan fingerprint density at radius 3 is 2.76 bits per heavy atom. The van der Waals surface area contributed by atoms with E-state index in [1.165, 1.54) is 12.1 Å². The van der Waals surface area contributed by atoms with Crippen LogP contribution in [0, 0.1) is 5.82 Å². The van der Waals surface area contributed by atoms with Crippen LogP contribution in [0.4, 0.5) is 4.39 Å². The van der Waals surface area contributed by atoms with Crippen molar-refractivity contribution in [2.75, 3.05) is 13.1 Å². The Bertz CT molecular complexity index is 376. The van der Waals surface area contributed by atoms with Gasteiger partial charge in [-0.1, -0.05) is 15.9 Å². The van der Waals surface area contributed by atoms with E-state index in [2.05, 4.69) is 21.2 Å². The summed E-state index contributed by atoms with van der Waals surface area (Å²) < 4.78 is 14.0. The third-order valence-electron chi connectivity index (χ3n) is 2.09. The number of unbranched alkanes of at least 4 members (excludes halogenated alkanes) is 1. The highest BCUT2D eigenvalue weighted by molar-refractivity contribution is 9.10. The average Bonchev–Trinajstić information content (AvgIpc) is 2.27. The molecule has 1 aromatic rings. The molecule has 0 unspecified atom stereocenters. The molecule has 17 heavy (non-hydrogen) atoms. The SMILES string of the molecule is Cl.NCCCCNC(=O)c1cc(Br)ccc1F. The van der Waals surface area contributed by atoms with Crippen LogP contribution in [0.3, 0.4) is 0 Å². The number of nitrogens with one attached hydrogen (secondary N) is 1. The second-order valence-electron chi connectivity index (χ2n) is 3.38. The van der Waals surface area contributed by atoms with Gasteiger partial charge in [-0.05, 0) is 37.6 Å². The van der Waals surface area contributed by atoms with Crippen molar-refractivity contribution in [2.45, 2.75) is 12.8 Å². The molecule has 1 rings (SSSR count). The lowest BCUT2D eigenvalue weighted by Gasteiger charge is -2.06. The van der Waals surface area contributed by atoms with Crippen LogP contribution in [-0.2, 0) is 0 Å². The molecule has 0 aliphatic heterocycles. The predicted octanol–water partition coefficient (Wildman–Crippen LogP) is 2.48. The van der Waals surface area contributed by atoms with Gasteiger partial charge >= 0.3 is 0 Å². The zero-order chi connectivity index (χ0) is 12.0. The molecule has 0 atom stereocenters. The molecule has 0 spiro atoms. The Hall–Kier alpha value is -0.650. The standard InChI is InChI=1S/C11H14BrFN2O.ClH/c12-8-3-4-10(13)9(7-8)11(16)15-6-2-1-5-14;/h3-4,7H,1-2,5-6,14H2,(H,15,16);1H. The lowest BCUT2D eigenvalue weighted by atomic mass is 10.2. The Balaban J connectivity index is 0.00000256. The van der Waals surface area contributed by atoms with E-state index in [1.54, 1.807) is 6.07 Å². The molecule has 1 amide bonds. The van der Waals surface area contributed by atoms with Gasteiger partial charge < -0.3 is 11.1 Å². The molecular weight excluding hydrogens is 310 g/mol. The van der Waals surface area contributed by atoms with Crippen molar-refractivity contribution >= 4 is 34.2 Å². The molecule has 0 fully saturated rings. The molecule has 0 radical (unpaired) electrons. The van der Waals surface area contributed by atoms with Crippen LogP contribution < -0.4 is 11.1 Å². The topological polar surface area (TPSA) is 55.1 Å². The third kappa shape index (κ3) is 5.48. The molecule has 0 aliphatic rings. The summed E-state index contributed by atoms with van der Waals surface area (Å²) in [6, 6.07) is 4.28. The van der Waals surface area contributed by atoms with E-state index in [-0.39, 0.29) is 18.0 Å². The number of halogens is 3. The number of nitrogens with two attached hydrogens (primary N) is 1. The van der Waals surface area contributed by atoms with E-state index in [0.717, 1.165) is 12.8 Å². The highest BCUT2D eigenvalue weighted by Crippen LogP contribution is 2.15. The Morgan fingerprint density at radius 1 is 1.41 bits per heavy atom. The fourth-order valence-corrected chi connectivity index (χ4v) is 1.60. The molecular formula is C11H15BrClFN2O. The quantitative estimate of drug-likeness (QED) is 0.817. The maximum absolute atomic E-state index is 13.3. The van der Waals surface area contributed by atoms with E-state index in [4.69, 9.17) is 5.73 Å².